The minimum atomic E-state index is -0.439. The molecule has 1 aliphatic heterocycles. The molecule has 1 N–H and O–H groups in total. The number of ether oxygens (including phenoxy) is 1. The number of oxazole rings is 1. The maximum Gasteiger partial charge on any atom is 0.419 e. The van der Waals surface area contributed by atoms with Crippen molar-refractivity contribution in [3.8, 4) is 5.75 Å². The van der Waals surface area contributed by atoms with Crippen LogP contribution in [-0.4, -0.2) is 17.1 Å². The molecule has 1 aliphatic rings. The lowest BCUT2D eigenvalue weighted by Crippen LogP contribution is -2.33. The number of carbonyl (C=O) groups is 1. The normalized spacial score (nSPS) is 16.2. The second kappa shape index (κ2) is 6.47. The van der Waals surface area contributed by atoms with Gasteiger partial charge in [0.25, 0.3) is 0 Å². The van der Waals surface area contributed by atoms with Crippen LogP contribution in [-0.2, 0) is 11.3 Å². The number of para-hydroxylation sites is 3. The topological polar surface area (TPSA) is 73.5 Å². The summed E-state index contributed by atoms with van der Waals surface area (Å²) in [6.45, 7) is 0.861. The van der Waals surface area contributed by atoms with E-state index in [1.165, 1.54) is 4.57 Å². The van der Waals surface area contributed by atoms with Crippen molar-refractivity contribution in [2.45, 2.75) is 25.4 Å². The van der Waals surface area contributed by atoms with E-state index in [-0.39, 0.29) is 24.9 Å². The van der Waals surface area contributed by atoms with Crippen LogP contribution in [0.4, 0.5) is 0 Å². The van der Waals surface area contributed by atoms with E-state index in [0.717, 1.165) is 17.7 Å². The molecular formula is C19H18N2O4. The maximum atomic E-state index is 12.4. The summed E-state index contributed by atoms with van der Waals surface area (Å²) in [5.74, 6) is 0.278. The molecule has 0 aliphatic carbocycles. The number of rotatable bonds is 4. The van der Waals surface area contributed by atoms with Crippen LogP contribution in [0.25, 0.3) is 11.1 Å². The minimum Gasteiger partial charge on any atom is -0.493 e. The number of nitrogens with one attached hydrogen (secondary N) is 1. The molecule has 0 fully saturated rings. The van der Waals surface area contributed by atoms with Crippen molar-refractivity contribution in [2.75, 3.05) is 6.61 Å². The summed E-state index contributed by atoms with van der Waals surface area (Å²) >= 11 is 0. The van der Waals surface area contributed by atoms with Crippen LogP contribution >= 0.6 is 0 Å². The monoisotopic (exact) mass is 338 g/mol. The summed E-state index contributed by atoms with van der Waals surface area (Å²) < 4.78 is 12.3. The highest BCUT2D eigenvalue weighted by molar-refractivity contribution is 5.77. The van der Waals surface area contributed by atoms with Gasteiger partial charge < -0.3 is 14.5 Å². The van der Waals surface area contributed by atoms with Gasteiger partial charge in [-0.25, -0.2) is 4.79 Å². The van der Waals surface area contributed by atoms with Crippen LogP contribution < -0.4 is 15.8 Å². The van der Waals surface area contributed by atoms with Crippen molar-refractivity contribution < 1.29 is 13.9 Å². The average molecular weight is 338 g/mol. The zero-order chi connectivity index (χ0) is 17.2. The van der Waals surface area contributed by atoms with Crippen molar-refractivity contribution in [2.24, 2.45) is 0 Å². The first-order valence-electron chi connectivity index (χ1n) is 8.32. The molecule has 0 radical (unpaired) electrons. The van der Waals surface area contributed by atoms with E-state index < -0.39 is 5.76 Å². The third-order valence-corrected chi connectivity index (χ3v) is 4.43. The van der Waals surface area contributed by atoms with Gasteiger partial charge in [0.15, 0.2) is 5.58 Å². The molecule has 0 saturated carbocycles. The van der Waals surface area contributed by atoms with Crippen LogP contribution in [0.15, 0.2) is 57.7 Å². The molecule has 1 atom stereocenters. The Morgan fingerprint density at radius 3 is 2.88 bits per heavy atom. The Labute approximate surface area is 144 Å². The zero-order valence-corrected chi connectivity index (χ0v) is 13.6. The highest BCUT2D eigenvalue weighted by Crippen LogP contribution is 2.31. The molecule has 2 aromatic carbocycles. The largest absolute Gasteiger partial charge is 0.493 e. The Morgan fingerprint density at radius 1 is 1.16 bits per heavy atom. The van der Waals surface area contributed by atoms with E-state index in [4.69, 9.17) is 9.15 Å². The Bertz CT molecular complexity index is 973. The van der Waals surface area contributed by atoms with Crippen molar-refractivity contribution in [3.05, 3.63) is 64.6 Å². The van der Waals surface area contributed by atoms with Gasteiger partial charge >= 0.3 is 5.76 Å². The number of amides is 1. The highest BCUT2D eigenvalue weighted by atomic mass is 16.5. The van der Waals surface area contributed by atoms with Crippen LogP contribution in [0.1, 0.15) is 24.4 Å². The van der Waals surface area contributed by atoms with Crippen molar-refractivity contribution in [3.63, 3.8) is 0 Å². The van der Waals surface area contributed by atoms with Crippen LogP contribution in [0.5, 0.6) is 5.75 Å². The average Bonchev–Trinajstić information content (AvgIpc) is 2.95. The standard InChI is InChI=1S/C19H18N2O4/c22-18(20-14-10-12-24-16-7-3-1-5-13(14)16)9-11-21-15-6-2-4-8-17(15)25-19(21)23/h1-8,14H,9-12H2,(H,20,22)/t14-/m0/s1. The number of carbonyl (C=O) groups excluding carboxylic acids is 1. The van der Waals surface area contributed by atoms with Crippen molar-refractivity contribution >= 4 is 17.0 Å². The first-order valence-corrected chi connectivity index (χ1v) is 8.32. The van der Waals surface area contributed by atoms with Gasteiger partial charge in [0.05, 0.1) is 18.2 Å². The Hall–Kier alpha value is -3.02. The van der Waals surface area contributed by atoms with Crippen LogP contribution in [0.3, 0.4) is 0 Å². The first kappa shape index (κ1) is 15.5. The predicted octanol–water partition coefficient (Wildman–Crippen LogP) is 2.62. The molecule has 4 rings (SSSR count). The minimum absolute atomic E-state index is 0.0599. The summed E-state index contributed by atoms with van der Waals surface area (Å²) in [7, 11) is 0. The molecule has 1 amide bonds. The van der Waals surface area contributed by atoms with Crippen molar-refractivity contribution in [1.82, 2.24) is 9.88 Å². The molecule has 0 saturated heterocycles. The molecule has 3 aromatic rings. The zero-order valence-electron chi connectivity index (χ0n) is 13.6. The number of aryl methyl sites for hydroxylation is 1. The molecule has 6 nitrogen and oxygen atoms in total. The van der Waals surface area contributed by atoms with Gasteiger partial charge in [-0.3, -0.25) is 9.36 Å². The fourth-order valence-electron chi connectivity index (χ4n) is 3.20. The molecule has 0 spiro atoms. The van der Waals surface area contributed by atoms with E-state index in [2.05, 4.69) is 5.32 Å². The van der Waals surface area contributed by atoms with Gasteiger partial charge in [-0.05, 0) is 18.2 Å². The number of nitrogens with zero attached hydrogens (tertiary/aromatic N) is 1. The molecule has 0 unspecified atom stereocenters. The lowest BCUT2D eigenvalue weighted by molar-refractivity contribution is -0.122. The van der Waals surface area contributed by atoms with E-state index >= 15 is 0 Å². The third-order valence-electron chi connectivity index (χ3n) is 4.43. The van der Waals surface area contributed by atoms with E-state index in [1.807, 2.05) is 42.5 Å². The number of hydrogen-bond acceptors (Lipinski definition) is 4. The number of benzene rings is 2. The van der Waals surface area contributed by atoms with Gasteiger partial charge in [-0.15, -0.1) is 0 Å². The Kier molecular flexibility index (Phi) is 4.01. The van der Waals surface area contributed by atoms with Crippen LogP contribution in [0.2, 0.25) is 0 Å². The van der Waals surface area contributed by atoms with Gasteiger partial charge in [-0.2, -0.15) is 0 Å². The summed E-state index contributed by atoms with van der Waals surface area (Å²) in [6.07, 6.45) is 0.945. The lowest BCUT2D eigenvalue weighted by atomic mass is 10.0. The number of hydrogen-bond donors (Lipinski definition) is 1. The summed E-state index contributed by atoms with van der Waals surface area (Å²) in [6, 6.07) is 14.9. The maximum absolute atomic E-state index is 12.4. The fraction of sp³-hybridized carbons (Fsp3) is 0.263. The molecule has 0 bridgehead atoms. The molecule has 128 valence electrons. The molecule has 2 heterocycles. The second-order valence-corrected chi connectivity index (χ2v) is 6.03. The van der Waals surface area contributed by atoms with Gasteiger partial charge in [0.1, 0.15) is 5.75 Å². The fourth-order valence-corrected chi connectivity index (χ4v) is 3.20. The first-order chi connectivity index (χ1) is 12.2. The Morgan fingerprint density at radius 2 is 1.96 bits per heavy atom. The number of fused-ring (bicyclic) bond motifs is 2. The second-order valence-electron chi connectivity index (χ2n) is 6.03. The van der Waals surface area contributed by atoms with E-state index in [1.54, 1.807) is 6.07 Å². The molecular weight excluding hydrogens is 320 g/mol. The predicted molar refractivity (Wildman–Crippen MR) is 92.5 cm³/mol. The van der Waals surface area contributed by atoms with E-state index in [9.17, 15) is 9.59 Å². The summed E-state index contributed by atoms with van der Waals surface area (Å²) in [5.41, 5.74) is 2.23. The van der Waals surface area contributed by atoms with E-state index in [0.29, 0.717) is 17.7 Å². The molecule has 6 heteroatoms. The summed E-state index contributed by atoms with van der Waals surface area (Å²) in [5, 5.41) is 3.04. The highest BCUT2D eigenvalue weighted by Gasteiger charge is 2.22. The quantitative estimate of drug-likeness (QED) is 0.794. The van der Waals surface area contributed by atoms with Gasteiger partial charge in [0.2, 0.25) is 5.91 Å². The van der Waals surface area contributed by atoms with Gasteiger partial charge in [0, 0.05) is 24.9 Å². The number of aromatic nitrogens is 1. The summed E-state index contributed by atoms with van der Waals surface area (Å²) in [4.78, 5) is 24.3. The third kappa shape index (κ3) is 3.03. The SMILES string of the molecule is O=C(CCn1c(=O)oc2ccccc21)N[C@H]1CCOc2ccccc21. The molecule has 25 heavy (non-hydrogen) atoms. The van der Waals surface area contributed by atoms with Crippen molar-refractivity contribution in [1.29, 1.82) is 0 Å². The van der Waals surface area contributed by atoms with Crippen LogP contribution in [0, 0.1) is 0 Å². The van der Waals surface area contributed by atoms with Gasteiger partial charge in [-0.1, -0.05) is 30.3 Å². The smallest absolute Gasteiger partial charge is 0.419 e. The lowest BCUT2D eigenvalue weighted by Gasteiger charge is -2.26. The Balaban J connectivity index is 1.45. The molecule has 1 aromatic heterocycles.